The summed E-state index contributed by atoms with van der Waals surface area (Å²) in [6.45, 7) is 1.96. The van der Waals surface area contributed by atoms with Gasteiger partial charge in [-0.05, 0) is 30.7 Å². The highest BCUT2D eigenvalue weighted by atomic mass is 35.5. The molecule has 0 unspecified atom stereocenters. The maximum Gasteiger partial charge on any atom is 0.275 e. The third-order valence-electron chi connectivity index (χ3n) is 5.09. The molecule has 2 aromatic heterocycles. The van der Waals surface area contributed by atoms with E-state index in [4.69, 9.17) is 16.7 Å². The van der Waals surface area contributed by atoms with Crippen molar-refractivity contribution in [1.29, 1.82) is 0 Å². The Balaban J connectivity index is 1.46. The summed E-state index contributed by atoms with van der Waals surface area (Å²) in [6, 6.07) is 17.4. The van der Waals surface area contributed by atoms with Gasteiger partial charge in [0.25, 0.3) is 5.91 Å². The van der Waals surface area contributed by atoms with Gasteiger partial charge >= 0.3 is 0 Å². The number of amides is 1. The molecule has 1 amide bonds. The number of hydrogen-bond acceptors (Lipinski definition) is 3. The molecule has 0 fully saturated rings. The highest BCUT2D eigenvalue weighted by molar-refractivity contribution is 6.30. The second-order valence-corrected chi connectivity index (χ2v) is 7.39. The van der Waals surface area contributed by atoms with E-state index in [2.05, 4.69) is 10.2 Å². The van der Waals surface area contributed by atoms with Crippen LogP contribution in [-0.4, -0.2) is 37.3 Å². The Labute approximate surface area is 166 Å². The summed E-state index contributed by atoms with van der Waals surface area (Å²) in [5.41, 5.74) is 4.20. The zero-order valence-corrected chi connectivity index (χ0v) is 15.9. The number of carbonyl (C=O) groups excluding carboxylic acids is 1. The predicted octanol–water partition coefficient (Wildman–Crippen LogP) is 4.13. The normalized spacial score (nSPS) is 14.1. The summed E-state index contributed by atoms with van der Waals surface area (Å²) in [4.78, 5) is 15.0. The molecule has 1 N–H and O–H groups in total. The summed E-state index contributed by atoms with van der Waals surface area (Å²) >= 11 is 6.12. The minimum Gasteiger partial charge on any atom is -0.331 e. The van der Waals surface area contributed by atoms with E-state index in [1.54, 1.807) is 0 Å². The van der Waals surface area contributed by atoms with Crippen molar-refractivity contribution >= 4 is 28.4 Å². The SMILES string of the molecule is O=C(c1n[nH]c2ccccc12)N1CCCn2nc(-c3cccc(Cl)c3)cc2C1. The van der Waals surface area contributed by atoms with E-state index < -0.39 is 0 Å². The summed E-state index contributed by atoms with van der Waals surface area (Å²) in [5.74, 6) is -0.0589. The lowest BCUT2D eigenvalue weighted by molar-refractivity contribution is 0.0741. The van der Waals surface area contributed by atoms with Crippen LogP contribution in [0.25, 0.3) is 22.2 Å². The lowest BCUT2D eigenvalue weighted by Crippen LogP contribution is -2.31. The van der Waals surface area contributed by atoms with Crippen LogP contribution < -0.4 is 0 Å². The molecule has 5 rings (SSSR count). The van der Waals surface area contributed by atoms with Crippen LogP contribution in [-0.2, 0) is 13.1 Å². The molecule has 3 heterocycles. The lowest BCUT2D eigenvalue weighted by Gasteiger charge is -2.18. The Hall–Kier alpha value is -3.12. The zero-order valence-electron chi connectivity index (χ0n) is 15.1. The first kappa shape index (κ1) is 17.0. The topological polar surface area (TPSA) is 66.8 Å². The van der Waals surface area contributed by atoms with Crippen molar-refractivity contribution in [1.82, 2.24) is 24.9 Å². The van der Waals surface area contributed by atoms with E-state index in [9.17, 15) is 4.79 Å². The fraction of sp³-hybridized carbons (Fsp3) is 0.190. The molecule has 0 spiro atoms. The van der Waals surface area contributed by atoms with Crippen molar-refractivity contribution in [2.75, 3.05) is 6.54 Å². The molecule has 7 heteroatoms. The van der Waals surface area contributed by atoms with Crippen molar-refractivity contribution in [3.05, 3.63) is 71.0 Å². The number of H-pyrrole nitrogens is 1. The van der Waals surface area contributed by atoms with Gasteiger partial charge in [-0.15, -0.1) is 0 Å². The molecule has 1 aliphatic rings. The molecule has 2 aromatic carbocycles. The maximum absolute atomic E-state index is 13.2. The number of aryl methyl sites for hydroxylation is 1. The third kappa shape index (κ3) is 2.96. The average Bonchev–Trinajstić information content (AvgIpc) is 3.26. The summed E-state index contributed by atoms with van der Waals surface area (Å²) in [5, 5.41) is 13.5. The zero-order chi connectivity index (χ0) is 19.1. The maximum atomic E-state index is 13.2. The summed E-state index contributed by atoms with van der Waals surface area (Å²) < 4.78 is 1.99. The molecule has 4 aromatic rings. The van der Waals surface area contributed by atoms with Crippen LogP contribution in [0.2, 0.25) is 5.02 Å². The van der Waals surface area contributed by atoms with E-state index in [1.165, 1.54) is 0 Å². The van der Waals surface area contributed by atoms with Crippen molar-refractivity contribution in [3.63, 3.8) is 0 Å². The smallest absolute Gasteiger partial charge is 0.275 e. The number of benzene rings is 2. The van der Waals surface area contributed by atoms with Gasteiger partial charge in [0.15, 0.2) is 5.69 Å². The van der Waals surface area contributed by atoms with Crippen LogP contribution in [0.5, 0.6) is 0 Å². The van der Waals surface area contributed by atoms with Crippen LogP contribution in [0.1, 0.15) is 22.6 Å². The van der Waals surface area contributed by atoms with Crippen LogP contribution >= 0.6 is 11.6 Å². The van der Waals surface area contributed by atoms with E-state index in [0.29, 0.717) is 23.8 Å². The molecule has 1 aliphatic heterocycles. The number of nitrogens with zero attached hydrogens (tertiary/aromatic N) is 4. The fourth-order valence-corrected chi connectivity index (χ4v) is 3.89. The van der Waals surface area contributed by atoms with Gasteiger partial charge in [-0.25, -0.2) is 0 Å². The van der Waals surface area contributed by atoms with Crippen molar-refractivity contribution < 1.29 is 4.79 Å². The molecule has 0 radical (unpaired) electrons. The van der Waals surface area contributed by atoms with E-state index >= 15 is 0 Å². The number of para-hydroxylation sites is 1. The monoisotopic (exact) mass is 391 g/mol. The number of aromatic nitrogens is 4. The van der Waals surface area contributed by atoms with Gasteiger partial charge in [0.2, 0.25) is 0 Å². The van der Waals surface area contributed by atoms with Crippen LogP contribution in [0, 0.1) is 0 Å². The van der Waals surface area contributed by atoms with Gasteiger partial charge in [-0.2, -0.15) is 10.2 Å². The number of aromatic amines is 1. The van der Waals surface area contributed by atoms with E-state index in [-0.39, 0.29) is 5.91 Å². The number of rotatable bonds is 2. The van der Waals surface area contributed by atoms with Crippen LogP contribution in [0.15, 0.2) is 54.6 Å². The molecule has 0 atom stereocenters. The minimum absolute atomic E-state index is 0.0589. The molecule has 0 saturated heterocycles. The van der Waals surface area contributed by atoms with Gasteiger partial charge in [-0.1, -0.05) is 41.9 Å². The van der Waals surface area contributed by atoms with Crippen LogP contribution in [0.4, 0.5) is 0 Å². The van der Waals surface area contributed by atoms with Crippen molar-refractivity contribution in [2.24, 2.45) is 0 Å². The molecule has 0 bridgehead atoms. The van der Waals surface area contributed by atoms with Crippen LogP contribution in [0.3, 0.4) is 0 Å². The molecule has 6 nitrogen and oxygen atoms in total. The Morgan fingerprint density at radius 1 is 1.07 bits per heavy atom. The highest BCUT2D eigenvalue weighted by Crippen LogP contribution is 2.25. The van der Waals surface area contributed by atoms with Crippen molar-refractivity contribution in [3.8, 4) is 11.3 Å². The van der Waals surface area contributed by atoms with Crippen molar-refractivity contribution in [2.45, 2.75) is 19.5 Å². The standard InChI is InChI=1S/C21H18ClN5O/c22-15-6-3-5-14(11-15)19-12-16-13-26(9-4-10-27(16)25-19)21(28)20-17-7-1-2-8-18(17)23-24-20/h1-3,5-8,11-12H,4,9-10,13H2,(H,23,24). The highest BCUT2D eigenvalue weighted by Gasteiger charge is 2.25. The third-order valence-corrected chi connectivity index (χ3v) is 5.33. The van der Waals surface area contributed by atoms with E-state index in [1.807, 2.05) is 64.2 Å². The first-order valence-corrected chi connectivity index (χ1v) is 9.62. The summed E-state index contributed by atoms with van der Waals surface area (Å²) in [7, 11) is 0. The number of nitrogens with one attached hydrogen (secondary N) is 1. The number of fused-ring (bicyclic) bond motifs is 2. The first-order chi connectivity index (χ1) is 13.7. The first-order valence-electron chi connectivity index (χ1n) is 9.24. The second-order valence-electron chi connectivity index (χ2n) is 6.95. The Morgan fingerprint density at radius 2 is 1.96 bits per heavy atom. The van der Waals surface area contributed by atoms with Gasteiger partial charge < -0.3 is 4.90 Å². The Kier molecular flexibility index (Phi) is 4.13. The molecule has 0 aliphatic carbocycles. The van der Waals surface area contributed by atoms with Gasteiger partial charge in [0.1, 0.15) is 0 Å². The van der Waals surface area contributed by atoms with E-state index in [0.717, 1.165) is 40.8 Å². The molecule has 0 saturated carbocycles. The molecule has 140 valence electrons. The number of hydrogen-bond donors (Lipinski definition) is 1. The Morgan fingerprint density at radius 3 is 2.86 bits per heavy atom. The Bertz CT molecular complexity index is 1180. The second kappa shape index (κ2) is 6.80. The predicted molar refractivity (Wildman–Crippen MR) is 108 cm³/mol. The van der Waals surface area contributed by atoms with Gasteiger partial charge in [0, 0.05) is 29.1 Å². The molecular formula is C21H18ClN5O. The summed E-state index contributed by atoms with van der Waals surface area (Å²) in [6.07, 6.45) is 0.845. The quantitative estimate of drug-likeness (QED) is 0.558. The number of carbonyl (C=O) groups is 1. The number of halogens is 1. The lowest BCUT2D eigenvalue weighted by atomic mass is 10.1. The fourth-order valence-electron chi connectivity index (χ4n) is 3.70. The van der Waals surface area contributed by atoms with Gasteiger partial charge in [0.05, 0.1) is 23.4 Å². The van der Waals surface area contributed by atoms with Gasteiger partial charge in [-0.3, -0.25) is 14.6 Å². The minimum atomic E-state index is -0.0589. The molecular weight excluding hydrogens is 374 g/mol. The average molecular weight is 392 g/mol. The largest absolute Gasteiger partial charge is 0.331 e. The molecule has 28 heavy (non-hydrogen) atoms.